The molecule has 1 atom stereocenters. The first-order valence-corrected chi connectivity index (χ1v) is 3.76. The highest BCUT2D eigenvalue weighted by molar-refractivity contribution is 5.26. The van der Waals surface area contributed by atoms with Gasteiger partial charge < -0.3 is 5.32 Å². The largest absolute Gasteiger partial charge is 0.373 e. The van der Waals surface area contributed by atoms with Crippen molar-refractivity contribution in [2.24, 2.45) is 0 Å². The first kappa shape index (κ1) is 7.87. The van der Waals surface area contributed by atoms with Crippen molar-refractivity contribution in [3.8, 4) is 6.07 Å². The highest BCUT2D eigenvalue weighted by atomic mass is 14.9. The predicted octanol–water partition coefficient (Wildman–Crippen LogP) is 1.72. The second-order valence-corrected chi connectivity index (χ2v) is 2.72. The molecular formula is C9H12N2. The van der Waals surface area contributed by atoms with Crippen LogP contribution in [0.15, 0.2) is 23.9 Å². The number of nitrogens with zero attached hydrogens (tertiary/aromatic N) is 1. The predicted molar refractivity (Wildman–Crippen MR) is 44.7 cm³/mol. The van der Waals surface area contributed by atoms with E-state index in [0.29, 0.717) is 0 Å². The summed E-state index contributed by atoms with van der Waals surface area (Å²) in [5.41, 5.74) is 2.33. The summed E-state index contributed by atoms with van der Waals surface area (Å²) in [7, 11) is 0. The Morgan fingerprint density at radius 1 is 1.82 bits per heavy atom. The van der Waals surface area contributed by atoms with Gasteiger partial charge in [-0.15, -0.1) is 0 Å². The lowest BCUT2D eigenvalue weighted by atomic mass is 10.00. The smallest absolute Gasteiger partial charge is 0.114 e. The maximum atomic E-state index is 8.61. The van der Waals surface area contributed by atoms with Crippen molar-refractivity contribution in [3.05, 3.63) is 23.9 Å². The Morgan fingerprint density at radius 3 is 3.00 bits per heavy atom. The van der Waals surface area contributed by atoms with Crippen molar-refractivity contribution < 1.29 is 0 Å². The fraction of sp³-hybridized carbons (Fsp3) is 0.444. The average molecular weight is 148 g/mol. The first-order chi connectivity index (χ1) is 5.27. The van der Waals surface area contributed by atoms with E-state index in [-0.39, 0.29) is 6.04 Å². The van der Waals surface area contributed by atoms with E-state index >= 15 is 0 Å². The molecule has 0 radical (unpaired) electrons. The molecule has 58 valence electrons. The van der Waals surface area contributed by atoms with Crippen LogP contribution < -0.4 is 5.32 Å². The molecule has 1 aliphatic rings. The molecule has 0 aromatic rings. The van der Waals surface area contributed by atoms with E-state index < -0.39 is 0 Å². The van der Waals surface area contributed by atoms with Crippen molar-refractivity contribution in [2.45, 2.75) is 25.8 Å². The molecule has 0 aromatic carbocycles. The zero-order chi connectivity index (χ0) is 8.27. The first-order valence-electron chi connectivity index (χ1n) is 3.76. The van der Waals surface area contributed by atoms with Crippen LogP contribution in [0.25, 0.3) is 0 Å². The monoisotopic (exact) mass is 148 g/mol. The van der Waals surface area contributed by atoms with Gasteiger partial charge in [-0.05, 0) is 25.3 Å². The fourth-order valence-corrected chi connectivity index (χ4v) is 1.27. The van der Waals surface area contributed by atoms with E-state index in [0.717, 1.165) is 18.5 Å². The maximum Gasteiger partial charge on any atom is 0.114 e. The quantitative estimate of drug-likeness (QED) is 0.614. The molecule has 0 aliphatic carbocycles. The third-order valence-electron chi connectivity index (χ3n) is 1.98. The summed E-state index contributed by atoms with van der Waals surface area (Å²) in [4.78, 5) is 0. The highest BCUT2D eigenvalue weighted by Gasteiger charge is 2.14. The molecule has 1 rings (SSSR count). The van der Waals surface area contributed by atoms with Crippen LogP contribution in [-0.2, 0) is 0 Å². The molecule has 1 heterocycles. The molecule has 11 heavy (non-hydrogen) atoms. The van der Waals surface area contributed by atoms with Gasteiger partial charge in [0.2, 0.25) is 0 Å². The molecular weight excluding hydrogens is 136 g/mol. The number of allylic oxidation sites excluding steroid dienone is 3. The second-order valence-electron chi connectivity index (χ2n) is 2.72. The van der Waals surface area contributed by atoms with E-state index in [9.17, 15) is 0 Å². The summed E-state index contributed by atoms with van der Waals surface area (Å²) in [6.45, 7) is 5.69. The molecule has 1 N–H and O–H groups in total. The van der Waals surface area contributed by atoms with E-state index in [4.69, 9.17) is 5.26 Å². The maximum absolute atomic E-state index is 8.61. The number of nitrogens with one attached hydrogen (secondary N) is 1. The van der Waals surface area contributed by atoms with Crippen molar-refractivity contribution in [1.29, 1.82) is 5.26 Å². The zero-order valence-electron chi connectivity index (χ0n) is 6.72. The van der Waals surface area contributed by atoms with E-state index in [2.05, 4.69) is 18.0 Å². The molecule has 0 bridgehead atoms. The Bertz CT molecular complexity index is 232. The number of hydrogen-bond acceptors (Lipinski definition) is 2. The molecule has 1 aliphatic heterocycles. The van der Waals surface area contributed by atoms with Crippen molar-refractivity contribution in [1.82, 2.24) is 5.32 Å². The van der Waals surface area contributed by atoms with Crippen LogP contribution in [0.2, 0.25) is 0 Å². The van der Waals surface area contributed by atoms with Crippen molar-refractivity contribution in [3.63, 3.8) is 0 Å². The Morgan fingerprint density at radius 2 is 2.55 bits per heavy atom. The van der Waals surface area contributed by atoms with Crippen LogP contribution in [0.1, 0.15) is 19.8 Å². The fourth-order valence-electron chi connectivity index (χ4n) is 1.27. The minimum absolute atomic E-state index is 0.00120. The van der Waals surface area contributed by atoms with Crippen LogP contribution in [-0.4, -0.2) is 6.04 Å². The molecule has 0 fully saturated rings. The summed E-state index contributed by atoms with van der Waals surface area (Å²) < 4.78 is 0. The second kappa shape index (κ2) is 3.25. The molecule has 0 spiro atoms. The van der Waals surface area contributed by atoms with Crippen molar-refractivity contribution >= 4 is 0 Å². The van der Waals surface area contributed by atoms with Gasteiger partial charge in [-0.1, -0.05) is 12.7 Å². The van der Waals surface area contributed by atoms with Gasteiger partial charge in [0, 0.05) is 5.70 Å². The molecule has 0 aromatic heterocycles. The Labute approximate surface area is 67.2 Å². The Balaban J connectivity index is 2.72. The average Bonchev–Trinajstić information content (AvgIpc) is 2.04. The number of hydrogen-bond donors (Lipinski definition) is 1. The summed E-state index contributed by atoms with van der Waals surface area (Å²) in [5.74, 6) is 0. The Kier molecular flexibility index (Phi) is 2.32. The minimum Gasteiger partial charge on any atom is -0.373 e. The van der Waals surface area contributed by atoms with Gasteiger partial charge in [0.15, 0.2) is 0 Å². The highest BCUT2D eigenvalue weighted by Crippen LogP contribution is 2.17. The van der Waals surface area contributed by atoms with Crippen LogP contribution in [0.4, 0.5) is 0 Å². The molecule has 0 saturated carbocycles. The lowest BCUT2D eigenvalue weighted by Crippen LogP contribution is -2.30. The standard InChI is InChI=1S/C9H12N2/c1-3-8-4-5-9(6-10)11-7(8)2/h3,9,11H,1,4-5H2,2H3. The summed E-state index contributed by atoms with van der Waals surface area (Å²) in [6, 6.07) is 2.20. The van der Waals surface area contributed by atoms with Gasteiger partial charge >= 0.3 is 0 Å². The zero-order valence-corrected chi connectivity index (χ0v) is 6.72. The van der Waals surface area contributed by atoms with Crippen LogP contribution >= 0.6 is 0 Å². The lowest BCUT2D eigenvalue weighted by molar-refractivity contribution is 0.585. The Hall–Kier alpha value is -1.23. The lowest BCUT2D eigenvalue weighted by Gasteiger charge is -2.21. The topological polar surface area (TPSA) is 35.8 Å². The van der Waals surface area contributed by atoms with Gasteiger partial charge in [-0.25, -0.2) is 0 Å². The third kappa shape index (κ3) is 1.62. The van der Waals surface area contributed by atoms with Gasteiger partial charge in [-0.3, -0.25) is 0 Å². The van der Waals surface area contributed by atoms with E-state index in [1.54, 1.807) is 0 Å². The number of nitriles is 1. The van der Waals surface area contributed by atoms with Crippen LogP contribution in [0, 0.1) is 11.3 Å². The van der Waals surface area contributed by atoms with Gasteiger partial charge in [0.25, 0.3) is 0 Å². The van der Waals surface area contributed by atoms with Gasteiger partial charge in [-0.2, -0.15) is 5.26 Å². The summed E-state index contributed by atoms with van der Waals surface area (Å²) in [6.07, 6.45) is 3.73. The molecule has 0 amide bonds. The van der Waals surface area contributed by atoms with Crippen LogP contribution in [0.5, 0.6) is 0 Å². The van der Waals surface area contributed by atoms with E-state index in [1.165, 1.54) is 5.57 Å². The SMILES string of the molecule is C=CC1=C(C)NC(C#N)CC1. The normalized spacial score (nSPS) is 23.8. The van der Waals surface area contributed by atoms with Gasteiger partial charge in [0.05, 0.1) is 6.07 Å². The number of rotatable bonds is 1. The summed E-state index contributed by atoms with van der Waals surface area (Å²) in [5, 5.41) is 11.7. The summed E-state index contributed by atoms with van der Waals surface area (Å²) >= 11 is 0. The van der Waals surface area contributed by atoms with E-state index in [1.807, 2.05) is 13.0 Å². The van der Waals surface area contributed by atoms with Crippen LogP contribution in [0.3, 0.4) is 0 Å². The molecule has 1 unspecified atom stereocenters. The minimum atomic E-state index is -0.00120. The molecule has 2 nitrogen and oxygen atoms in total. The third-order valence-corrected chi connectivity index (χ3v) is 1.98. The molecule has 2 heteroatoms. The van der Waals surface area contributed by atoms with Gasteiger partial charge in [0.1, 0.15) is 6.04 Å². The molecule has 0 saturated heterocycles. The van der Waals surface area contributed by atoms with Crippen molar-refractivity contribution in [2.75, 3.05) is 0 Å².